The summed E-state index contributed by atoms with van der Waals surface area (Å²) in [6.45, 7) is 0.139. The van der Waals surface area contributed by atoms with Crippen molar-refractivity contribution < 1.29 is 9.53 Å². The normalized spacial score (nSPS) is 18.8. The number of ether oxygens (including phenoxy) is 1. The minimum absolute atomic E-state index is 0.139. The molecule has 4 rings (SSSR count). The Morgan fingerprint density at radius 3 is 2.39 bits per heavy atom. The summed E-state index contributed by atoms with van der Waals surface area (Å²) in [6, 6.07) is 17.2. The van der Waals surface area contributed by atoms with Crippen LogP contribution in [-0.2, 0) is 11.2 Å². The van der Waals surface area contributed by atoms with Crippen molar-refractivity contribution in [3.63, 3.8) is 0 Å². The largest absolute Gasteiger partial charge is 0.486 e. The summed E-state index contributed by atoms with van der Waals surface area (Å²) in [5.41, 5.74) is 2.15. The first-order valence-corrected chi connectivity index (χ1v) is 11.8. The first-order chi connectivity index (χ1) is 15.0. The lowest BCUT2D eigenvalue weighted by atomic mass is 9.78. The maximum Gasteiger partial charge on any atom is 0.170 e. The highest BCUT2D eigenvalue weighted by Crippen LogP contribution is 2.33. The zero-order valence-electron chi connectivity index (χ0n) is 17.5. The summed E-state index contributed by atoms with van der Waals surface area (Å²) in [5, 5.41) is 2.49. The van der Waals surface area contributed by atoms with Gasteiger partial charge in [-0.25, -0.2) is 0 Å². The molecule has 5 heteroatoms. The fourth-order valence-electron chi connectivity index (χ4n) is 4.43. The van der Waals surface area contributed by atoms with E-state index in [2.05, 4.69) is 12.1 Å². The lowest BCUT2D eigenvalue weighted by molar-refractivity contribution is -0.122. The van der Waals surface area contributed by atoms with Crippen molar-refractivity contribution in [2.45, 2.75) is 44.9 Å². The number of hydrogen-bond donors (Lipinski definition) is 0. The summed E-state index contributed by atoms with van der Waals surface area (Å²) >= 11 is 11.9. The van der Waals surface area contributed by atoms with E-state index in [1.54, 1.807) is 24.3 Å². The first kappa shape index (κ1) is 22.1. The van der Waals surface area contributed by atoms with Crippen LogP contribution in [0.2, 0.25) is 10.0 Å². The van der Waals surface area contributed by atoms with E-state index < -0.39 is 0 Å². The molecular weight excluding hydrogens is 429 g/mol. The maximum atomic E-state index is 12.3. The number of rotatable bonds is 8. The van der Waals surface area contributed by atoms with Gasteiger partial charge in [-0.1, -0.05) is 42.1 Å². The fraction of sp³-hybridized carbons (Fsp3) is 0.385. The number of fused-ring (bicyclic) bond motifs is 1. The summed E-state index contributed by atoms with van der Waals surface area (Å²) < 4.78 is 5.59. The third-order valence-corrected chi connectivity index (χ3v) is 6.70. The number of carbonyl (C=O) groups excluding carboxylic acids is 1. The molecule has 0 amide bonds. The van der Waals surface area contributed by atoms with Crippen LogP contribution in [0.3, 0.4) is 0 Å². The van der Waals surface area contributed by atoms with Crippen LogP contribution in [0, 0.1) is 11.8 Å². The quantitative estimate of drug-likeness (QED) is 0.357. The fourth-order valence-corrected chi connectivity index (χ4v) is 4.74. The monoisotopic (exact) mass is 455 g/mol. The Kier molecular flexibility index (Phi) is 7.47. The number of aromatic nitrogens is 1. The van der Waals surface area contributed by atoms with E-state index in [9.17, 15) is 4.79 Å². The zero-order valence-corrected chi connectivity index (χ0v) is 19.0. The molecule has 1 saturated carbocycles. The number of pyridine rings is 1. The first-order valence-electron chi connectivity index (χ1n) is 11.0. The molecule has 162 valence electrons. The van der Waals surface area contributed by atoms with Crippen LogP contribution in [-0.4, -0.2) is 17.4 Å². The van der Waals surface area contributed by atoms with Gasteiger partial charge in [-0.2, -0.15) is 0 Å². The van der Waals surface area contributed by atoms with E-state index in [-0.39, 0.29) is 12.4 Å². The van der Waals surface area contributed by atoms with Gasteiger partial charge in [-0.15, -0.1) is 0 Å². The van der Waals surface area contributed by atoms with Crippen LogP contribution < -0.4 is 4.74 Å². The second-order valence-electron chi connectivity index (χ2n) is 8.55. The van der Waals surface area contributed by atoms with E-state index in [0.29, 0.717) is 23.1 Å². The topological polar surface area (TPSA) is 39.2 Å². The average molecular weight is 456 g/mol. The Balaban J connectivity index is 1.18. The third-order valence-electron chi connectivity index (χ3n) is 6.21. The summed E-state index contributed by atoms with van der Waals surface area (Å²) in [7, 11) is 0. The molecule has 0 N–H and O–H groups in total. The number of benzene rings is 2. The number of halogens is 2. The minimum Gasteiger partial charge on any atom is -0.486 e. The molecule has 2 aromatic carbocycles. The smallest absolute Gasteiger partial charge is 0.170 e. The van der Waals surface area contributed by atoms with Crippen molar-refractivity contribution >= 4 is 39.9 Å². The van der Waals surface area contributed by atoms with E-state index in [1.165, 1.54) is 12.8 Å². The molecule has 3 nitrogen and oxygen atoms in total. The molecule has 1 aliphatic rings. The predicted octanol–water partition coefficient (Wildman–Crippen LogP) is 7.32. The van der Waals surface area contributed by atoms with Crippen molar-refractivity contribution in [3.8, 4) is 5.75 Å². The predicted molar refractivity (Wildman–Crippen MR) is 127 cm³/mol. The van der Waals surface area contributed by atoms with Gasteiger partial charge in [-0.3, -0.25) is 9.78 Å². The Hall–Kier alpha value is -2.10. The van der Waals surface area contributed by atoms with E-state index in [0.717, 1.165) is 53.2 Å². The standard InChI is InChI=1S/C26H27Cl2NO2/c27-21-7-12-25(13-8-21)31-17-24(30)15-19-3-1-18(2-4-19)5-10-23-11-6-20-16-22(28)9-14-26(20)29-23/h6-9,11-14,16,18-19H,1-5,10,15,17H2. The molecule has 0 spiro atoms. The Morgan fingerprint density at radius 2 is 1.61 bits per heavy atom. The number of nitrogens with zero attached hydrogens (tertiary/aromatic N) is 1. The van der Waals surface area contributed by atoms with Crippen molar-refractivity contribution in [1.29, 1.82) is 0 Å². The highest BCUT2D eigenvalue weighted by Gasteiger charge is 2.23. The van der Waals surface area contributed by atoms with E-state index in [4.69, 9.17) is 32.9 Å². The molecule has 1 fully saturated rings. The lowest BCUT2D eigenvalue weighted by Crippen LogP contribution is -2.21. The van der Waals surface area contributed by atoms with Gasteiger partial charge in [0.15, 0.2) is 5.78 Å². The number of Topliss-reactive ketones (excluding diaryl/α,β-unsaturated/α-hetero) is 1. The number of aryl methyl sites for hydroxylation is 1. The van der Waals surface area contributed by atoms with Gasteiger partial charge < -0.3 is 4.74 Å². The molecule has 0 saturated heterocycles. The van der Waals surface area contributed by atoms with Gasteiger partial charge in [0.25, 0.3) is 0 Å². The van der Waals surface area contributed by atoms with Crippen molar-refractivity contribution in [3.05, 3.63) is 70.3 Å². The van der Waals surface area contributed by atoms with Gasteiger partial charge in [0.05, 0.1) is 5.52 Å². The Morgan fingerprint density at radius 1 is 0.903 bits per heavy atom. The van der Waals surface area contributed by atoms with Crippen molar-refractivity contribution in [1.82, 2.24) is 4.98 Å². The molecule has 1 aliphatic carbocycles. The van der Waals surface area contributed by atoms with Crippen LogP contribution in [0.25, 0.3) is 10.9 Å². The molecule has 0 unspecified atom stereocenters. The molecule has 0 bridgehead atoms. The molecule has 0 aliphatic heterocycles. The highest BCUT2D eigenvalue weighted by atomic mass is 35.5. The van der Waals surface area contributed by atoms with Crippen LogP contribution >= 0.6 is 23.2 Å². The highest BCUT2D eigenvalue weighted by molar-refractivity contribution is 6.31. The number of hydrogen-bond acceptors (Lipinski definition) is 3. The maximum absolute atomic E-state index is 12.3. The number of carbonyl (C=O) groups is 1. The van der Waals surface area contributed by atoms with Crippen LogP contribution in [0.5, 0.6) is 5.75 Å². The van der Waals surface area contributed by atoms with E-state index in [1.807, 2.05) is 18.2 Å². The number of ketones is 1. The minimum atomic E-state index is 0.139. The SMILES string of the molecule is O=C(COc1ccc(Cl)cc1)CC1CCC(CCc2ccc3cc(Cl)ccc3n2)CC1. The summed E-state index contributed by atoms with van der Waals surface area (Å²) in [6.07, 6.45) is 7.42. The van der Waals surface area contributed by atoms with Crippen LogP contribution in [0.1, 0.15) is 44.2 Å². The molecule has 1 heterocycles. The second kappa shape index (κ2) is 10.5. The average Bonchev–Trinajstić information content (AvgIpc) is 2.78. The van der Waals surface area contributed by atoms with Gasteiger partial charge in [-0.05, 0) is 86.1 Å². The van der Waals surface area contributed by atoms with Crippen LogP contribution in [0.15, 0.2) is 54.6 Å². The summed E-state index contributed by atoms with van der Waals surface area (Å²) in [4.78, 5) is 17.1. The van der Waals surface area contributed by atoms with Gasteiger partial charge in [0.2, 0.25) is 0 Å². The molecule has 31 heavy (non-hydrogen) atoms. The molecule has 0 radical (unpaired) electrons. The Labute approximate surface area is 193 Å². The zero-order chi connectivity index (χ0) is 21.6. The van der Waals surface area contributed by atoms with Gasteiger partial charge in [0, 0.05) is 27.5 Å². The van der Waals surface area contributed by atoms with Gasteiger partial charge in [0.1, 0.15) is 12.4 Å². The lowest BCUT2D eigenvalue weighted by Gasteiger charge is -2.28. The molecule has 1 aromatic heterocycles. The molecule has 3 aromatic rings. The third kappa shape index (κ3) is 6.44. The molecule has 0 atom stereocenters. The van der Waals surface area contributed by atoms with Crippen molar-refractivity contribution in [2.75, 3.05) is 6.61 Å². The summed E-state index contributed by atoms with van der Waals surface area (Å²) in [5.74, 6) is 2.08. The molecular formula is C26H27Cl2NO2. The Bertz CT molecular complexity index is 1030. The van der Waals surface area contributed by atoms with E-state index >= 15 is 0 Å². The van der Waals surface area contributed by atoms with Gasteiger partial charge >= 0.3 is 0 Å². The second-order valence-corrected chi connectivity index (χ2v) is 9.42. The van der Waals surface area contributed by atoms with Crippen LogP contribution in [0.4, 0.5) is 0 Å². The van der Waals surface area contributed by atoms with Crippen molar-refractivity contribution in [2.24, 2.45) is 11.8 Å².